The van der Waals surface area contributed by atoms with Gasteiger partial charge in [0.25, 0.3) is 5.91 Å². The number of amides is 1. The molecule has 0 fully saturated rings. The fourth-order valence-corrected chi connectivity index (χ4v) is 2.32. The van der Waals surface area contributed by atoms with Crippen LogP contribution in [0, 0.1) is 12.7 Å². The SMILES string of the molecule is Cc1ccc(CNC(=O)c2ccc(F)cc2Br)n1C. The van der Waals surface area contributed by atoms with Crippen LogP contribution in [0.15, 0.2) is 34.8 Å². The van der Waals surface area contributed by atoms with Crippen molar-refractivity contribution in [2.45, 2.75) is 13.5 Å². The Hall–Kier alpha value is -1.62. The lowest BCUT2D eigenvalue weighted by molar-refractivity contribution is 0.0949. The normalized spacial score (nSPS) is 10.5. The van der Waals surface area contributed by atoms with Gasteiger partial charge in [0.05, 0.1) is 12.1 Å². The summed E-state index contributed by atoms with van der Waals surface area (Å²) in [5.41, 5.74) is 2.57. The molecule has 19 heavy (non-hydrogen) atoms. The third-order valence-electron chi connectivity index (χ3n) is 3.08. The smallest absolute Gasteiger partial charge is 0.252 e. The molecule has 1 aromatic carbocycles. The zero-order chi connectivity index (χ0) is 14.0. The molecule has 0 bridgehead atoms. The van der Waals surface area contributed by atoms with E-state index in [4.69, 9.17) is 0 Å². The molecule has 0 aliphatic carbocycles. The van der Waals surface area contributed by atoms with Crippen LogP contribution in [0.5, 0.6) is 0 Å². The van der Waals surface area contributed by atoms with Crippen LogP contribution in [0.4, 0.5) is 4.39 Å². The van der Waals surface area contributed by atoms with Crippen LogP contribution >= 0.6 is 15.9 Å². The summed E-state index contributed by atoms with van der Waals surface area (Å²) in [6, 6.07) is 7.98. The number of halogens is 2. The van der Waals surface area contributed by atoms with Crippen LogP contribution in [0.25, 0.3) is 0 Å². The average molecular weight is 325 g/mol. The highest BCUT2D eigenvalue weighted by atomic mass is 79.9. The molecule has 5 heteroatoms. The highest BCUT2D eigenvalue weighted by molar-refractivity contribution is 9.10. The van der Waals surface area contributed by atoms with Crippen LogP contribution < -0.4 is 5.32 Å². The minimum Gasteiger partial charge on any atom is -0.350 e. The lowest BCUT2D eigenvalue weighted by atomic mass is 10.2. The summed E-state index contributed by atoms with van der Waals surface area (Å²) in [5, 5.41) is 2.82. The first-order chi connectivity index (χ1) is 8.99. The molecule has 0 spiro atoms. The van der Waals surface area contributed by atoms with Crippen molar-refractivity contribution in [2.24, 2.45) is 7.05 Å². The van der Waals surface area contributed by atoms with Crippen LogP contribution in [-0.2, 0) is 13.6 Å². The molecule has 3 nitrogen and oxygen atoms in total. The lowest BCUT2D eigenvalue weighted by Gasteiger charge is -2.08. The molecule has 1 aromatic heterocycles. The molecule has 0 saturated carbocycles. The van der Waals surface area contributed by atoms with Crippen molar-refractivity contribution in [3.8, 4) is 0 Å². The van der Waals surface area contributed by atoms with Gasteiger partial charge in [-0.05, 0) is 53.2 Å². The first-order valence-corrected chi connectivity index (χ1v) is 6.63. The number of benzene rings is 1. The Morgan fingerprint density at radius 3 is 2.68 bits per heavy atom. The van der Waals surface area contributed by atoms with E-state index >= 15 is 0 Å². The fourth-order valence-electron chi connectivity index (χ4n) is 1.78. The van der Waals surface area contributed by atoms with E-state index in [0.29, 0.717) is 16.6 Å². The number of nitrogens with zero attached hydrogens (tertiary/aromatic N) is 1. The molecule has 100 valence electrons. The van der Waals surface area contributed by atoms with Crippen LogP contribution in [0.2, 0.25) is 0 Å². The predicted molar refractivity (Wildman–Crippen MR) is 75.4 cm³/mol. The van der Waals surface area contributed by atoms with Gasteiger partial charge in [0, 0.05) is 22.9 Å². The Kier molecular flexibility index (Phi) is 4.04. The second-order valence-electron chi connectivity index (χ2n) is 4.33. The van der Waals surface area contributed by atoms with Gasteiger partial charge in [0.2, 0.25) is 0 Å². The predicted octanol–water partition coefficient (Wildman–Crippen LogP) is 3.17. The Balaban J connectivity index is 2.07. The van der Waals surface area contributed by atoms with Gasteiger partial charge in [-0.3, -0.25) is 4.79 Å². The topological polar surface area (TPSA) is 34.0 Å². The molecule has 0 atom stereocenters. The summed E-state index contributed by atoms with van der Waals surface area (Å²) >= 11 is 3.19. The first kappa shape index (κ1) is 13.8. The van der Waals surface area contributed by atoms with Crippen LogP contribution in [0.3, 0.4) is 0 Å². The van der Waals surface area contributed by atoms with Crippen molar-refractivity contribution < 1.29 is 9.18 Å². The zero-order valence-corrected chi connectivity index (χ0v) is 12.3. The maximum Gasteiger partial charge on any atom is 0.252 e. The second kappa shape index (κ2) is 5.57. The van der Waals surface area contributed by atoms with Gasteiger partial charge in [-0.25, -0.2) is 4.39 Å². The highest BCUT2D eigenvalue weighted by Gasteiger charge is 2.11. The van der Waals surface area contributed by atoms with E-state index in [0.717, 1.165) is 11.4 Å². The molecule has 2 aromatic rings. The average Bonchev–Trinajstić information content (AvgIpc) is 2.67. The van der Waals surface area contributed by atoms with Gasteiger partial charge >= 0.3 is 0 Å². The molecule has 1 N–H and O–H groups in total. The monoisotopic (exact) mass is 324 g/mol. The van der Waals surface area contributed by atoms with E-state index in [2.05, 4.69) is 21.2 Å². The summed E-state index contributed by atoms with van der Waals surface area (Å²) in [7, 11) is 1.95. The van der Waals surface area contributed by atoms with Gasteiger partial charge in [0.1, 0.15) is 5.82 Å². The first-order valence-electron chi connectivity index (χ1n) is 5.83. The number of nitrogens with one attached hydrogen (secondary N) is 1. The van der Waals surface area contributed by atoms with Crippen molar-refractivity contribution in [2.75, 3.05) is 0 Å². The Labute approximate surface area is 119 Å². The molecule has 0 unspecified atom stereocenters. The van der Waals surface area contributed by atoms with Gasteiger partial charge in [-0.15, -0.1) is 0 Å². The zero-order valence-electron chi connectivity index (χ0n) is 10.7. The van der Waals surface area contributed by atoms with Gasteiger partial charge in [-0.2, -0.15) is 0 Å². The lowest BCUT2D eigenvalue weighted by Crippen LogP contribution is -2.24. The Morgan fingerprint density at radius 2 is 2.11 bits per heavy atom. The van der Waals surface area contributed by atoms with E-state index in [9.17, 15) is 9.18 Å². The number of aryl methyl sites for hydroxylation is 1. The fraction of sp³-hybridized carbons (Fsp3) is 0.214. The highest BCUT2D eigenvalue weighted by Crippen LogP contribution is 2.18. The minimum absolute atomic E-state index is 0.231. The van der Waals surface area contributed by atoms with Gasteiger partial charge < -0.3 is 9.88 Å². The molecular weight excluding hydrogens is 311 g/mol. The summed E-state index contributed by atoms with van der Waals surface area (Å²) in [6.45, 7) is 2.44. The maximum absolute atomic E-state index is 13.0. The van der Waals surface area contributed by atoms with Crippen molar-refractivity contribution >= 4 is 21.8 Å². The van der Waals surface area contributed by atoms with Crippen LogP contribution in [0.1, 0.15) is 21.7 Å². The standard InChI is InChI=1S/C14H14BrFN2O/c1-9-3-5-11(18(9)2)8-17-14(19)12-6-4-10(16)7-13(12)15/h3-7H,8H2,1-2H3,(H,17,19). The van der Waals surface area contributed by atoms with E-state index < -0.39 is 0 Å². The minimum atomic E-state index is -0.374. The number of aromatic nitrogens is 1. The van der Waals surface area contributed by atoms with Crippen LogP contribution in [-0.4, -0.2) is 10.5 Å². The molecule has 1 amide bonds. The van der Waals surface area contributed by atoms with Crippen molar-refractivity contribution in [1.29, 1.82) is 0 Å². The van der Waals surface area contributed by atoms with E-state index in [1.54, 1.807) is 0 Å². The molecule has 0 radical (unpaired) electrons. The van der Waals surface area contributed by atoms with Crippen molar-refractivity contribution in [3.63, 3.8) is 0 Å². The van der Waals surface area contributed by atoms with Gasteiger partial charge in [0.15, 0.2) is 0 Å². The third kappa shape index (κ3) is 3.04. The summed E-state index contributed by atoms with van der Waals surface area (Å²) in [6.07, 6.45) is 0. The summed E-state index contributed by atoms with van der Waals surface area (Å²) in [4.78, 5) is 12.0. The van der Waals surface area contributed by atoms with E-state index in [1.165, 1.54) is 18.2 Å². The molecule has 0 aliphatic rings. The number of rotatable bonds is 3. The van der Waals surface area contributed by atoms with Crippen molar-refractivity contribution in [1.82, 2.24) is 9.88 Å². The third-order valence-corrected chi connectivity index (χ3v) is 3.74. The molecule has 2 rings (SSSR count). The molecule has 0 saturated heterocycles. The van der Waals surface area contributed by atoms with E-state index in [-0.39, 0.29) is 11.7 Å². The number of carbonyl (C=O) groups excluding carboxylic acids is 1. The van der Waals surface area contributed by atoms with Gasteiger partial charge in [-0.1, -0.05) is 0 Å². The molecule has 0 aliphatic heterocycles. The number of hydrogen-bond donors (Lipinski definition) is 1. The maximum atomic E-state index is 13.0. The quantitative estimate of drug-likeness (QED) is 0.924. The Bertz CT molecular complexity index is 622. The van der Waals surface area contributed by atoms with E-state index in [1.807, 2.05) is 30.7 Å². The molecule has 1 heterocycles. The number of carbonyl (C=O) groups is 1. The number of hydrogen-bond acceptors (Lipinski definition) is 1. The Morgan fingerprint density at radius 1 is 1.37 bits per heavy atom. The summed E-state index contributed by atoms with van der Waals surface area (Å²) < 4.78 is 15.4. The van der Waals surface area contributed by atoms with Crippen molar-refractivity contribution in [3.05, 3.63) is 57.6 Å². The molecular formula is C14H14BrFN2O. The summed E-state index contributed by atoms with van der Waals surface area (Å²) in [5.74, 6) is -0.604. The largest absolute Gasteiger partial charge is 0.350 e. The second-order valence-corrected chi connectivity index (χ2v) is 5.19.